The van der Waals surface area contributed by atoms with Crippen molar-refractivity contribution in [3.63, 3.8) is 0 Å². The van der Waals surface area contributed by atoms with Gasteiger partial charge in [0.05, 0.1) is 6.10 Å². The van der Waals surface area contributed by atoms with E-state index in [0.29, 0.717) is 11.4 Å². The first-order valence-electron chi connectivity index (χ1n) is 6.83. The molecule has 1 atom stereocenters. The Morgan fingerprint density at radius 1 is 1.21 bits per heavy atom. The number of aromatic nitrogens is 1. The smallest absolute Gasteiger partial charge is 0.406 e. The topological polar surface area (TPSA) is 83.5 Å². The molecule has 0 saturated heterocycles. The Morgan fingerprint density at radius 3 is 2.50 bits per heavy atom. The average Bonchev–Trinajstić information content (AvgIpc) is 2.53. The molecular weight excluding hydrogens is 327 g/mol. The highest BCUT2D eigenvalue weighted by molar-refractivity contribution is 5.88. The minimum absolute atomic E-state index is 0.127. The van der Waals surface area contributed by atoms with Crippen LogP contribution in [0.15, 0.2) is 48.7 Å². The van der Waals surface area contributed by atoms with Crippen LogP contribution in [0, 0.1) is 0 Å². The van der Waals surface area contributed by atoms with Gasteiger partial charge >= 0.3 is 12.4 Å². The first-order valence-corrected chi connectivity index (χ1v) is 6.83. The third-order valence-electron chi connectivity index (χ3n) is 2.86. The summed E-state index contributed by atoms with van der Waals surface area (Å²) < 4.78 is 39.9. The van der Waals surface area contributed by atoms with E-state index in [2.05, 4.69) is 20.4 Å². The molecule has 0 unspecified atom stereocenters. The molecule has 2 aromatic rings. The van der Waals surface area contributed by atoms with Crippen molar-refractivity contribution in [2.24, 2.45) is 0 Å². The largest absolute Gasteiger partial charge is 0.573 e. The normalized spacial score (nSPS) is 12.3. The van der Waals surface area contributed by atoms with Crippen LogP contribution in [0.3, 0.4) is 0 Å². The summed E-state index contributed by atoms with van der Waals surface area (Å²) >= 11 is 0. The van der Waals surface area contributed by atoms with E-state index in [9.17, 15) is 23.1 Å². The maximum Gasteiger partial charge on any atom is 0.573 e. The molecule has 0 aliphatic carbocycles. The third kappa shape index (κ3) is 5.76. The van der Waals surface area contributed by atoms with E-state index in [1.54, 1.807) is 18.2 Å². The van der Waals surface area contributed by atoms with Crippen LogP contribution < -0.4 is 15.4 Å². The van der Waals surface area contributed by atoms with Gasteiger partial charge in [0.25, 0.3) is 0 Å². The number of nitrogens with zero attached hydrogens (tertiary/aromatic N) is 1. The van der Waals surface area contributed by atoms with Crippen molar-refractivity contribution >= 4 is 11.8 Å². The van der Waals surface area contributed by atoms with Crippen molar-refractivity contribution in [3.05, 3.63) is 54.2 Å². The number of pyridine rings is 1. The van der Waals surface area contributed by atoms with E-state index in [1.165, 1.54) is 18.3 Å². The number of aliphatic hydroxyl groups is 1. The number of urea groups is 1. The standard InChI is InChI=1S/C15H14F3N3O3/c16-15(17,18)24-11-6-4-10(5-7-11)12(22)9-20-14(23)21-13-3-1-2-8-19-13/h1-8,12,22H,9H2,(H2,19,20,21,23)/t12-/m1/s1. The second-order valence-corrected chi connectivity index (χ2v) is 4.68. The van der Waals surface area contributed by atoms with Gasteiger partial charge in [0.1, 0.15) is 11.6 Å². The molecule has 0 spiro atoms. The molecule has 128 valence electrons. The van der Waals surface area contributed by atoms with Crippen LogP contribution in [0.5, 0.6) is 5.75 Å². The zero-order valence-electron chi connectivity index (χ0n) is 12.2. The van der Waals surface area contributed by atoms with Crippen molar-refractivity contribution in [2.75, 3.05) is 11.9 Å². The van der Waals surface area contributed by atoms with Gasteiger partial charge in [0.15, 0.2) is 0 Å². The number of carbonyl (C=O) groups is 1. The molecule has 1 aromatic heterocycles. The number of carbonyl (C=O) groups excluding carboxylic acids is 1. The highest BCUT2D eigenvalue weighted by Gasteiger charge is 2.31. The molecule has 0 bridgehead atoms. The van der Waals surface area contributed by atoms with Gasteiger partial charge in [-0.05, 0) is 29.8 Å². The number of rotatable bonds is 5. The summed E-state index contributed by atoms with van der Waals surface area (Å²) in [5, 5.41) is 14.8. The van der Waals surface area contributed by atoms with E-state index in [4.69, 9.17) is 0 Å². The Labute approximate surface area is 135 Å². The van der Waals surface area contributed by atoms with Crippen LogP contribution in [0.2, 0.25) is 0 Å². The lowest BCUT2D eigenvalue weighted by molar-refractivity contribution is -0.274. The van der Waals surface area contributed by atoms with E-state index in [-0.39, 0.29) is 12.3 Å². The number of halogens is 3. The van der Waals surface area contributed by atoms with Gasteiger partial charge in [-0.1, -0.05) is 18.2 Å². The van der Waals surface area contributed by atoms with Gasteiger partial charge in [0.2, 0.25) is 0 Å². The van der Waals surface area contributed by atoms with Crippen LogP contribution in [0.4, 0.5) is 23.8 Å². The fraction of sp³-hybridized carbons (Fsp3) is 0.200. The Kier molecular flexibility index (Phi) is 5.59. The predicted octanol–water partition coefficient (Wildman–Crippen LogP) is 2.84. The SMILES string of the molecule is O=C(NC[C@@H](O)c1ccc(OC(F)(F)F)cc1)Nc1ccccn1. The van der Waals surface area contributed by atoms with Gasteiger partial charge in [-0.15, -0.1) is 13.2 Å². The number of hydrogen-bond donors (Lipinski definition) is 3. The third-order valence-corrected chi connectivity index (χ3v) is 2.86. The maximum atomic E-state index is 12.1. The summed E-state index contributed by atoms with van der Waals surface area (Å²) in [5.74, 6) is -0.0440. The lowest BCUT2D eigenvalue weighted by Crippen LogP contribution is -2.32. The molecule has 1 heterocycles. The first-order chi connectivity index (χ1) is 11.3. The minimum Gasteiger partial charge on any atom is -0.406 e. The molecule has 0 saturated carbocycles. The van der Waals surface area contributed by atoms with Crippen molar-refractivity contribution < 1.29 is 27.8 Å². The highest BCUT2D eigenvalue weighted by Crippen LogP contribution is 2.24. The minimum atomic E-state index is -4.77. The van der Waals surface area contributed by atoms with Crippen molar-refractivity contribution in [2.45, 2.75) is 12.5 Å². The lowest BCUT2D eigenvalue weighted by Gasteiger charge is -2.14. The van der Waals surface area contributed by atoms with Crippen molar-refractivity contribution in [3.8, 4) is 5.75 Å². The zero-order valence-corrected chi connectivity index (χ0v) is 12.2. The molecule has 1 aromatic carbocycles. The van der Waals surface area contributed by atoms with E-state index < -0.39 is 18.5 Å². The number of ether oxygens (including phenoxy) is 1. The van der Waals surface area contributed by atoms with Crippen LogP contribution in [0.1, 0.15) is 11.7 Å². The van der Waals surface area contributed by atoms with Crippen LogP contribution >= 0.6 is 0 Å². The monoisotopic (exact) mass is 341 g/mol. The van der Waals surface area contributed by atoms with Gasteiger partial charge < -0.3 is 15.2 Å². The molecule has 0 radical (unpaired) electrons. The summed E-state index contributed by atoms with van der Waals surface area (Å²) in [7, 11) is 0. The molecule has 2 rings (SSSR count). The number of anilines is 1. The second-order valence-electron chi connectivity index (χ2n) is 4.68. The predicted molar refractivity (Wildman–Crippen MR) is 79.3 cm³/mol. The Bertz CT molecular complexity index is 663. The van der Waals surface area contributed by atoms with Crippen molar-refractivity contribution in [1.29, 1.82) is 0 Å². The van der Waals surface area contributed by atoms with Gasteiger partial charge in [-0.2, -0.15) is 0 Å². The summed E-state index contributed by atoms with van der Waals surface area (Å²) in [6.45, 7) is -0.127. The summed E-state index contributed by atoms with van der Waals surface area (Å²) in [4.78, 5) is 15.5. The molecule has 3 N–H and O–H groups in total. The molecule has 0 aliphatic heterocycles. The molecule has 9 heteroatoms. The van der Waals surface area contributed by atoms with Crippen LogP contribution in [-0.4, -0.2) is 29.0 Å². The molecule has 0 aliphatic rings. The fourth-order valence-corrected chi connectivity index (χ4v) is 1.80. The average molecular weight is 341 g/mol. The summed E-state index contributed by atoms with van der Waals surface area (Å²) in [5.41, 5.74) is 0.336. The first kappa shape index (κ1) is 17.5. The number of alkyl halides is 3. The lowest BCUT2D eigenvalue weighted by atomic mass is 10.1. The molecule has 24 heavy (non-hydrogen) atoms. The maximum absolute atomic E-state index is 12.1. The van der Waals surface area contributed by atoms with E-state index in [1.807, 2.05) is 0 Å². The van der Waals surface area contributed by atoms with Gasteiger partial charge in [0, 0.05) is 12.7 Å². The second kappa shape index (κ2) is 7.64. The van der Waals surface area contributed by atoms with Gasteiger partial charge in [-0.3, -0.25) is 5.32 Å². The fourth-order valence-electron chi connectivity index (χ4n) is 1.80. The van der Waals surface area contributed by atoms with Crippen LogP contribution in [-0.2, 0) is 0 Å². The van der Waals surface area contributed by atoms with E-state index in [0.717, 1.165) is 12.1 Å². The number of amides is 2. The number of benzene rings is 1. The highest BCUT2D eigenvalue weighted by atomic mass is 19.4. The Morgan fingerprint density at radius 2 is 1.92 bits per heavy atom. The van der Waals surface area contributed by atoms with E-state index >= 15 is 0 Å². The van der Waals surface area contributed by atoms with Gasteiger partial charge in [-0.25, -0.2) is 9.78 Å². The number of hydrogen-bond acceptors (Lipinski definition) is 4. The summed E-state index contributed by atoms with van der Waals surface area (Å²) in [6, 6.07) is 9.15. The zero-order chi connectivity index (χ0) is 17.6. The quantitative estimate of drug-likeness (QED) is 0.781. The molecule has 2 amide bonds. The summed E-state index contributed by atoms with van der Waals surface area (Å²) in [6.07, 6.45) is -4.35. The van der Waals surface area contributed by atoms with Crippen LogP contribution in [0.25, 0.3) is 0 Å². The molecular formula is C15H14F3N3O3. The Hall–Kier alpha value is -2.81. The number of nitrogens with one attached hydrogen (secondary N) is 2. The Balaban J connectivity index is 1.83. The molecule has 6 nitrogen and oxygen atoms in total. The van der Waals surface area contributed by atoms with Crippen molar-refractivity contribution in [1.82, 2.24) is 10.3 Å². The molecule has 0 fully saturated rings. The number of aliphatic hydroxyl groups excluding tert-OH is 1.